The molecule has 0 radical (unpaired) electrons. The number of aromatic amines is 1. The third-order valence-corrected chi connectivity index (χ3v) is 6.99. The zero-order chi connectivity index (χ0) is 21.3. The van der Waals surface area contributed by atoms with E-state index in [9.17, 15) is 33.3 Å². The van der Waals surface area contributed by atoms with E-state index in [-0.39, 0.29) is 17.4 Å². The predicted molar refractivity (Wildman–Crippen MR) is 92.9 cm³/mol. The highest BCUT2D eigenvalue weighted by Gasteiger charge is 2.42. The van der Waals surface area contributed by atoms with Gasteiger partial charge in [0, 0.05) is 18.7 Å². The van der Waals surface area contributed by atoms with Gasteiger partial charge in [-0.1, -0.05) is 0 Å². The zero-order valence-corrected chi connectivity index (χ0v) is 17.2. The Morgan fingerprint density at radius 2 is 1.70 bits per heavy atom. The van der Waals surface area contributed by atoms with Crippen molar-refractivity contribution in [3.8, 4) is 0 Å². The normalized spacial score (nSPS) is 25.4. The van der Waals surface area contributed by atoms with Crippen molar-refractivity contribution in [2.24, 2.45) is 0 Å². The highest BCUT2D eigenvalue weighted by molar-refractivity contribution is 7.66. The Labute approximate surface area is 165 Å². The Hall–Kier alpha value is -1.07. The van der Waals surface area contributed by atoms with Crippen molar-refractivity contribution in [3.63, 3.8) is 0 Å². The number of phosphoric acid groups is 3. The van der Waals surface area contributed by atoms with Crippen molar-refractivity contribution in [2.75, 3.05) is 6.61 Å². The minimum absolute atomic E-state index is 0. The van der Waals surface area contributed by atoms with Crippen molar-refractivity contribution in [1.82, 2.24) is 9.55 Å². The fourth-order valence-corrected chi connectivity index (χ4v) is 5.19. The Kier molecular flexibility index (Phi) is 10.1. The maximum Gasteiger partial charge on any atom is 0.490 e. The van der Waals surface area contributed by atoms with Crippen molar-refractivity contribution in [1.29, 1.82) is 0 Å². The molecule has 2 heterocycles. The highest BCUT2D eigenvalue weighted by atomic mass is 31.3. The van der Waals surface area contributed by atoms with Crippen molar-refractivity contribution in [2.45, 2.75) is 24.9 Å². The average Bonchev–Trinajstić information content (AvgIpc) is 2.82. The fourth-order valence-electron chi connectivity index (χ4n) is 2.16. The summed E-state index contributed by atoms with van der Waals surface area (Å²) in [7, 11) is -16.6. The van der Waals surface area contributed by atoms with Crippen LogP contribution in [0, 0.1) is 0 Å². The van der Waals surface area contributed by atoms with E-state index in [4.69, 9.17) is 19.4 Å². The summed E-state index contributed by atoms with van der Waals surface area (Å²) in [6, 6.07) is 1.02. The Morgan fingerprint density at radius 1 is 1.10 bits per heavy atom. The van der Waals surface area contributed by atoms with E-state index in [1.807, 2.05) is 4.98 Å². The van der Waals surface area contributed by atoms with E-state index in [2.05, 4.69) is 13.1 Å². The second kappa shape index (κ2) is 10.5. The second-order valence-corrected chi connectivity index (χ2v) is 9.76. The van der Waals surface area contributed by atoms with Crippen LogP contribution in [0.25, 0.3) is 0 Å². The van der Waals surface area contributed by atoms with Gasteiger partial charge in [-0.2, -0.15) is 8.62 Å². The van der Waals surface area contributed by atoms with Crippen LogP contribution in [0.15, 0.2) is 21.9 Å². The van der Waals surface area contributed by atoms with E-state index in [0.717, 1.165) is 16.8 Å². The number of rotatable bonds is 8. The van der Waals surface area contributed by atoms with Gasteiger partial charge < -0.3 is 40.4 Å². The molecule has 2 rings (SSSR count). The van der Waals surface area contributed by atoms with Crippen LogP contribution in [0.3, 0.4) is 0 Å². The van der Waals surface area contributed by atoms with Crippen molar-refractivity contribution >= 4 is 23.5 Å². The number of hydrogen-bond donors (Lipinski definition) is 6. The first-order chi connectivity index (χ1) is 12.7. The minimum atomic E-state index is -5.67. The summed E-state index contributed by atoms with van der Waals surface area (Å²) < 4.78 is 51.0. The monoisotopic (exact) mass is 504 g/mol. The lowest BCUT2D eigenvalue weighted by Crippen LogP contribution is -2.31. The highest BCUT2D eigenvalue weighted by Crippen LogP contribution is 2.66. The van der Waals surface area contributed by atoms with E-state index in [1.165, 1.54) is 0 Å². The van der Waals surface area contributed by atoms with Gasteiger partial charge in [0.15, 0.2) is 0 Å². The number of aromatic nitrogens is 2. The van der Waals surface area contributed by atoms with Gasteiger partial charge in [0.2, 0.25) is 0 Å². The van der Waals surface area contributed by atoms with E-state index in [1.54, 1.807) is 0 Å². The molecule has 1 aromatic heterocycles. The van der Waals surface area contributed by atoms with Crippen molar-refractivity contribution in [3.05, 3.63) is 33.1 Å². The molecule has 5 atom stereocenters. The molecule has 1 saturated heterocycles. The predicted octanol–water partition coefficient (Wildman–Crippen LogP) is -3.12. The molecule has 10 N–H and O–H groups in total. The topological polar surface area (TPSA) is 307 Å². The van der Waals surface area contributed by atoms with Crippen LogP contribution >= 0.6 is 23.5 Å². The summed E-state index contributed by atoms with van der Waals surface area (Å²) in [4.78, 5) is 60.0. The molecule has 1 aromatic rings. The molecule has 1 aliphatic heterocycles. The standard InChI is InChI=1S/C9H15N2O14P3.2H2O/c12-5-3-8(11-2-1-7(13)10-9(11)14)23-6(5)4-22-27(18,19)25-28(20,21)24-26(15,16)17;;/h1-2,5-6,8,12H,3-4H2,(H,18,19)(H,20,21)(H,10,13,14)(H2,15,16,17);2*1H2/t5-,6+,8+;;/m0../s1. The summed E-state index contributed by atoms with van der Waals surface area (Å²) in [5, 5.41) is 9.91. The summed E-state index contributed by atoms with van der Waals surface area (Å²) in [5.74, 6) is 0. The van der Waals surface area contributed by atoms with Gasteiger partial charge in [-0.25, -0.2) is 18.5 Å². The SMILES string of the molecule is O.O.O=c1ccn([C@H]2C[C@H](O)[C@@H](COP(=O)(O)OP(=O)(O)OP(=O)(O)O)O2)c(=O)[nH]1. The van der Waals surface area contributed by atoms with Gasteiger partial charge in [-0.3, -0.25) is 18.9 Å². The smallest absolute Gasteiger partial charge is 0.412 e. The molecule has 21 heteroatoms. The van der Waals surface area contributed by atoms with Gasteiger partial charge in [0.1, 0.15) is 12.3 Å². The maximum absolute atomic E-state index is 11.7. The van der Waals surface area contributed by atoms with Gasteiger partial charge >= 0.3 is 29.2 Å². The number of nitrogens with zero attached hydrogens (tertiary/aromatic N) is 1. The molecule has 0 amide bonds. The van der Waals surface area contributed by atoms with E-state index >= 15 is 0 Å². The van der Waals surface area contributed by atoms with Gasteiger partial charge in [0.05, 0.1) is 12.7 Å². The number of ether oxygens (including phenoxy) is 1. The number of aliphatic hydroxyl groups is 1. The summed E-state index contributed by atoms with van der Waals surface area (Å²) in [5.41, 5.74) is -1.50. The number of aliphatic hydroxyl groups excluding tert-OH is 1. The molecule has 176 valence electrons. The van der Waals surface area contributed by atoms with Crippen LogP contribution in [-0.2, 0) is 31.6 Å². The van der Waals surface area contributed by atoms with E-state index in [0.29, 0.717) is 0 Å². The third-order valence-electron chi connectivity index (χ3n) is 3.18. The van der Waals surface area contributed by atoms with Crippen molar-refractivity contribution < 1.29 is 67.2 Å². The molecule has 1 fully saturated rings. The van der Waals surface area contributed by atoms with Crippen LogP contribution in [-0.4, -0.2) is 64.0 Å². The first kappa shape index (κ1) is 28.9. The van der Waals surface area contributed by atoms with Crippen LogP contribution in [0.2, 0.25) is 0 Å². The molecule has 0 spiro atoms. The third kappa shape index (κ3) is 8.58. The van der Waals surface area contributed by atoms with Crippen LogP contribution in [0.1, 0.15) is 12.6 Å². The van der Waals surface area contributed by atoms with Crippen LogP contribution in [0.5, 0.6) is 0 Å². The number of H-pyrrole nitrogens is 1. The summed E-state index contributed by atoms with van der Waals surface area (Å²) >= 11 is 0. The van der Waals surface area contributed by atoms with Crippen LogP contribution in [0.4, 0.5) is 0 Å². The molecule has 0 aliphatic carbocycles. The molecule has 2 unspecified atom stereocenters. The number of hydrogen-bond acceptors (Lipinski definition) is 10. The van der Waals surface area contributed by atoms with Gasteiger partial charge in [0.25, 0.3) is 5.56 Å². The molecule has 0 aromatic carbocycles. The average molecular weight is 504 g/mol. The minimum Gasteiger partial charge on any atom is -0.412 e. The second-order valence-electron chi connectivity index (χ2n) is 5.34. The van der Waals surface area contributed by atoms with Crippen LogP contribution < -0.4 is 11.2 Å². The number of phosphoric ester groups is 1. The lowest BCUT2D eigenvalue weighted by molar-refractivity contribution is -0.0450. The first-order valence-electron chi connectivity index (χ1n) is 7.11. The number of nitrogens with one attached hydrogen (secondary N) is 1. The maximum atomic E-state index is 11.7. The lowest BCUT2D eigenvalue weighted by Gasteiger charge is -2.19. The summed E-state index contributed by atoms with van der Waals surface area (Å²) in [6.45, 7) is -0.876. The molecular weight excluding hydrogens is 485 g/mol. The molecule has 0 bridgehead atoms. The molecule has 30 heavy (non-hydrogen) atoms. The van der Waals surface area contributed by atoms with Gasteiger partial charge in [-0.05, 0) is 0 Å². The molecule has 18 nitrogen and oxygen atoms in total. The Bertz CT molecular complexity index is 967. The Balaban J connectivity index is 0.00000420. The fraction of sp³-hybridized carbons (Fsp3) is 0.556. The summed E-state index contributed by atoms with van der Waals surface area (Å²) in [6.07, 6.45) is -2.74. The zero-order valence-electron chi connectivity index (χ0n) is 14.5. The van der Waals surface area contributed by atoms with Gasteiger partial charge in [-0.15, -0.1) is 0 Å². The molecular formula is C9H19N2O16P3. The van der Waals surface area contributed by atoms with E-state index < -0.39 is 59.8 Å². The molecule has 1 aliphatic rings. The quantitative estimate of drug-likeness (QED) is 0.191. The largest absolute Gasteiger partial charge is 0.490 e. The lowest BCUT2D eigenvalue weighted by atomic mass is 10.2. The first-order valence-corrected chi connectivity index (χ1v) is 11.6. The molecule has 0 saturated carbocycles. The Morgan fingerprint density at radius 3 is 2.23 bits per heavy atom.